The molecular weight excluding hydrogens is 228 g/mol. The Bertz CT molecular complexity index is 684. The van der Waals surface area contributed by atoms with Crippen molar-refractivity contribution in [2.45, 2.75) is 6.54 Å². The van der Waals surface area contributed by atoms with Gasteiger partial charge in [-0.05, 0) is 23.6 Å². The van der Waals surface area contributed by atoms with Crippen molar-refractivity contribution in [1.82, 2.24) is 9.55 Å². The van der Waals surface area contributed by atoms with Crippen LogP contribution in [-0.4, -0.2) is 9.55 Å². The Hall–Kier alpha value is -2.05. The lowest BCUT2D eigenvalue weighted by molar-refractivity contribution is 0.870. The maximum atomic E-state index is 4.33. The van der Waals surface area contributed by atoms with Crippen molar-refractivity contribution < 1.29 is 0 Å². The lowest BCUT2D eigenvalue weighted by atomic mass is 10.3. The number of rotatable bonds is 1. The maximum Gasteiger partial charge on any atom is 0.0966 e. The topological polar surface area (TPSA) is 17.8 Å². The third kappa shape index (κ3) is 2.08. The zero-order chi connectivity index (χ0) is 11.5. The van der Waals surface area contributed by atoms with Gasteiger partial charge in [0, 0.05) is 0 Å². The largest absolute Gasteiger partial charge is 0.319 e. The van der Waals surface area contributed by atoms with E-state index in [1.807, 2.05) is 42.0 Å². The Morgan fingerprint density at radius 1 is 1.18 bits per heavy atom. The standard InChI is InChI=1S/C14H10N2S/c1-2-8-14-13(7-1)15-11-16(14)9-3-5-12-6-4-10-17-12/h1-2,4,6-8,10-11H,9H2. The van der Waals surface area contributed by atoms with Crippen molar-refractivity contribution in [3.05, 3.63) is 53.0 Å². The Labute approximate surface area is 104 Å². The second kappa shape index (κ2) is 4.44. The molecule has 3 heteroatoms. The molecule has 2 aromatic heterocycles. The van der Waals surface area contributed by atoms with E-state index in [-0.39, 0.29) is 0 Å². The van der Waals surface area contributed by atoms with Gasteiger partial charge in [0.25, 0.3) is 0 Å². The lowest BCUT2D eigenvalue weighted by Gasteiger charge is -1.96. The summed E-state index contributed by atoms with van der Waals surface area (Å²) in [6, 6.07) is 12.1. The van der Waals surface area contributed by atoms with E-state index in [9.17, 15) is 0 Å². The Morgan fingerprint density at radius 3 is 3.00 bits per heavy atom. The Kier molecular flexibility index (Phi) is 2.65. The van der Waals surface area contributed by atoms with Crippen molar-refractivity contribution in [2.24, 2.45) is 0 Å². The highest BCUT2D eigenvalue weighted by molar-refractivity contribution is 7.10. The first-order valence-electron chi connectivity index (χ1n) is 5.36. The van der Waals surface area contributed by atoms with E-state index in [2.05, 4.69) is 27.5 Å². The maximum absolute atomic E-state index is 4.33. The van der Waals surface area contributed by atoms with E-state index in [0.717, 1.165) is 15.9 Å². The highest BCUT2D eigenvalue weighted by atomic mass is 32.1. The van der Waals surface area contributed by atoms with Crippen LogP contribution in [-0.2, 0) is 6.54 Å². The van der Waals surface area contributed by atoms with Crippen LogP contribution in [0.1, 0.15) is 4.88 Å². The molecule has 3 rings (SSSR count). The first-order chi connectivity index (χ1) is 8.43. The molecule has 0 atom stereocenters. The number of hydrogen-bond acceptors (Lipinski definition) is 2. The van der Waals surface area contributed by atoms with Crippen LogP contribution >= 0.6 is 11.3 Å². The molecule has 0 aliphatic heterocycles. The smallest absolute Gasteiger partial charge is 0.0966 e. The van der Waals surface area contributed by atoms with Crippen molar-refractivity contribution in [3.8, 4) is 11.8 Å². The van der Waals surface area contributed by atoms with Gasteiger partial charge in [-0.1, -0.05) is 30.0 Å². The van der Waals surface area contributed by atoms with Gasteiger partial charge >= 0.3 is 0 Å². The predicted molar refractivity (Wildman–Crippen MR) is 70.9 cm³/mol. The fourth-order valence-electron chi connectivity index (χ4n) is 1.70. The van der Waals surface area contributed by atoms with Gasteiger partial charge in [-0.3, -0.25) is 0 Å². The van der Waals surface area contributed by atoms with Gasteiger partial charge < -0.3 is 4.57 Å². The number of aromatic nitrogens is 2. The summed E-state index contributed by atoms with van der Waals surface area (Å²) in [5.74, 6) is 6.31. The summed E-state index contributed by atoms with van der Waals surface area (Å²) < 4.78 is 2.07. The molecule has 2 nitrogen and oxygen atoms in total. The fourth-order valence-corrected chi connectivity index (χ4v) is 2.29. The molecule has 0 bridgehead atoms. The molecule has 0 aliphatic carbocycles. The summed E-state index contributed by atoms with van der Waals surface area (Å²) in [6.07, 6.45) is 1.84. The van der Waals surface area contributed by atoms with Gasteiger partial charge in [0.2, 0.25) is 0 Å². The van der Waals surface area contributed by atoms with Gasteiger partial charge in [0.15, 0.2) is 0 Å². The molecule has 3 aromatic rings. The van der Waals surface area contributed by atoms with E-state index in [0.29, 0.717) is 6.54 Å². The molecule has 17 heavy (non-hydrogen) atoms. The van der Waals surface area contributed by atoms with Gasteiger partial charge in [-0.2, -0.15) is 0 Å². The van der Waals surface area contributed by atoms with Crippen LogP contribution in [0.25, 0.3) is 11.0 Å². The molecule has 0 aliphatic rings. The van der Waals surface area contributed by atoms with Gasteiger partial charge in [-0.15, -0.1) is 11.3 Å². The molecule has 0 saturated heterocycles. The van der Waals surface area contributed by atoms with E-state index >= 15 is 0 Å². The average molecular weight is 238 g/mol. The molecule has 2 heterocycles. The van der Waals surface area contributed by atoms with Gasteiger partial charge in [0.1, 0.15) is 0 Å². The van der Waals surface area contributed by atoms with Gasteiger partial charge in [0.05, 0.1) is 28.8 Å². The zero-order valence-electron chi connectivity index (χ0n) is 9.13. The van der Waals surface area contributed by atoms with Crippen LogP contribution in [0.2, 0.25) is 0 Å². The average Bonchev–Trinajstić information content (AvgIpc) is 2.99. The van der Waals surface area contributed by atoms with Crippen molar-refractivity contribution in [3.63, 3.8) is 0 Å². The number of imidazole rings is 1. The van der Waals surface area contributed by atoms with E-state index in [1.54, 1.807) is 11.3 Å². The third-order valence-electron chi connectivity index (χ3n) is 2.51. The summed E-state index contributed by atoms with van der Waals surface area (Å²) in [5.41, 5.74) is 2.15. The number of fused-ring (bicyclic) bond motifs is 1. The first kappa shape index (κ1) is 10.1. The van der Waals surface area contributed by atoms with Crippen LogP contribution in [0.15, 0.2) is 48.1 Å². The van der Waals surface area contributed by atoms with Crippen molar-refractivity contribution in [1.29, 1.82) is 0 Å². The zero-order valence-corrected chi connectivity index (χ0v) is 9.95. The molecule has 0 fully saturated rings. The Balaban J connectivity index is 1.86. The van der Waals surface area contributed by atoms with Crippen LogP contribution in [0.3, 0.4) is 0 Å². The monoisotopic (exact) mass is 238 g/mol. The minimum Gasteiger partial charge on any atom is -0.319 e. The summed E-state index contributed by atoms with van der Waals surface area (Å²) in [6.45, 7) is 0.679. The summed E-state index contributed by atoms with van der Waals surface area (Å²) in [7, 11) is 0. The number of hydrogen-bond donors (Lipinski definition) is 0. The molecule has 0 radical (unpaired) electrons. The lowest BCUT2D eigenvalue weighted by Crippen LogP contribution is -1.92. The van der Waals surface area contributed by atoms with Crippen LogP contribution in [0.5, 0.6) is 0 Å². The second-order valence-corrected chi connectivity index (χ2v) is 4.59. The molecule has 1 aromatic carbocycles. The predicted octanol–water partition coefficient (Wildman–Crippen LogP) is 3.15. The minimum absolute atomic E-state index is 0.679. The quantitative estimate of drug-likeness (QED) is 0.595. The fraction of sp³-hybridized carbons (Fsp3) is 0.0714. The molecular formula is C14H10N2S. The first-order valence-corrected chi connectivity index (χ1v) is 6.24. The van der Waals surface area contributed by atoms with Gasteiger partial charge in [-0.25, -0.2) is 4.98 Å². The van der Waals surface area contributed by atoms with E-state index < -0.39 is 0 Å². The summed E-state index contributed by atoms with van der Waals surface area (Å²) >= 11 is 1.67. The Morgan fingerprint density at radius 2 is 2.12 bits per heavy atom. The van der Waals surface area contributed by atoms with Crippen molar-refractivity contribution in [2.75, 3.05) is 0 Å². The number of nitrogens with zero attached hydrogens (tertiary/aromatic N) is 2. The van der Waals surface area contributed by atoms with Crippen LogP contribution < -0.4 is 0 Å². The SMILES string of the molecule is C(#Cc1cccs1)Cn1cnc2ccccc21. The summed E-state index contributed by atoms with van der Waals surface area (Å²) in [4.78, 5) is 5.44. The van der Waals surface area contributed by atoms with Crippen LogP contribution in [0, 0.1) is 11.8 Å². The number of para-hydroxylation sites is 2. The summed E-state index contributed by atoms with van der Waals surface area (Å²) in [5, 5.41) is 2.04. The molecule has 82 valence electrons. The van der Waals surface area contributed by atoms with Crippen LogP contribution in [0.4, 0.5) is 0 Å². The molecule has 0 unspecified atom stereocenters. The minimum atomic E-state index is 0.679. The number of benzene rings is 1. The second-order valence-electron chi connectivity index (χ2n) is 3.64. The van der Waals surface area contributed by atoms with Crippen molar-refractivity contribution >= 4 is 22.4 Å². The molecule has 0 spiro atoms. The molecule has 0 N–H and O–H groups in total. The van der Waals surface area contributed by atoms with E-state index in [4.69, 9.17) is 0 Å². The highest BCUT2D eigenvalue weighted by Crippen LogP contribution is 2.11. The molecule has 0 saturated carbocycles. The highest BCUT2D eigenvalue weighted by Gasteiger charge is 1.98. The number of thiophene rings is 1. The third-order valence-corrected chi connectivity index (χ3v) is 3.29. The molecule has 0 amide bonds. The normalized spacial score (nSPS) is 10.1. The van der Waals surface area contributed by atoms with E-state index in [1.165, 1.54) is 0 Å².